The van der Waals surface area contributed by atoms with Crippen LogP contribution < -0.4 is 15.9 Å². The molecule has 0 radical (unpaired) electrons. The molecule has 30 heavy (non-hydrogen) atoms. The number of ether oxygens (including phenoxy) is 2. The summed E-state index contributed by atoms with van der Waals surface area (Å²) in [4.78, 5) is 20.3. The quantitative estimate of drug-likeness (QED) is 0.571. The number of urea groups is 1. The van der Waals surface area contributed by atoms with Gasteiger partial charge in [-0.3, -0.25) is 4.99 Å². The SMILES string of the molecule is COC1=Nc2cc(OC)c(F)cc2C(c2ccccc2Cl)=NC1C(C)=NNC(N)=O. The molecule has 8 nitrogen and oxygen atoms in total. The molecule has 1 atom stereocenters. The number of primary amides is 1. The van der Waals surface area contributed by atoms with Crippen LogP contribution >= 0.6 is 11.6 Å². The molecule has 2 aromatic carbocycles. The molecule has 0 bridgehead atoms. The van der Waals surface area contributed by atoms with E-state index in [1.54, 1.807) is 31.2 Å². The number of hydrogen-bond acceptors (Lipinski definition) is 6. The largest absolute Gasteiger partial charge is 0.494 e. The van der Waals surface area contributed by atoms with Crippen LogP contribution in [0.15, 0.2) is 51.5 Å². The molecule has 2 amide bonds. The average Bonchev–Trinajstić information content (AvgIpc) is 2.88. The van der Waals surface area contributed by atoms with Crippen LogP contribution in [-0.4, -0.2) is 43.6 Å². The van der Waals surface area contributed by atoms with Crippen molar-refractivity contribution < 1.29 is 18.7 Å². The van der Waals surface area contributed by atoms with Crippen molar-refractivity contribution in [3.05, 3.63) is 58.4 Å². The summed E-state index contributed by atoms with van der Waals surface area (Å²) in [5.41, 5.74) is 9.33. The fourth-order valence-electron chi connectivity index (χ4n) is 2.92. The van der Waals surface area contributed by atoms with Crippen molar-refractivity contribution in [1.29, 1.82) is 0 Å². The first-order valence-corrected chi connectivity index (χ1v) is 9.16. The van der Waals surface area contributed by atoms with E-state index in [4.69, 9.17) is 31.8 Å². The van der Waals surface area contributed by atoms with Crippen molar-refractivity contribution in [2.45, 2.75) is 13.0 Å². The average molecular weight is 432 g/mol. The summed E-state index contributed by atoms with van der Waals surface area (Å²) in [6.07, 6.45) is 0. The molecular weight excluding hydrogens is 413 g/mol. The molecule has 156 valence electrons. The molecule has 3 N–H and O–H groups in total. The zero-order chi connectivity index (χ0) is 21.8. The topological polar surface area (TPSA) is 111 Å². The predicted molar refractivity (Wildman–Crippen MR) is 114 cm³/mol. The van der Waals surface area contributed by atoms with E-state index < -0.39 is 17.9 Å². The highest BCUT2D eigenvalue weighted by Crippen LogP contribution is 2.34. The summed E-state index contributed by atoms with van der Waals surface area (Å²) in [6.45, 7) is 1.63. The Hall–Kier alpha value is -3.46. The zero-order valence-corrected chi connectivity index (χ0v) is 17.2. The molecule has 1 heterocycles. The number of rotatable bonds is 4. The second kappa shape index (κ2) is 8.91. The van der Waals surface area contributed by atoms with E-state index in [0.29, 0.717) is 33.3 Å². The highest BCUT2D eigenvalue weighted by Gasteiger charge is 2.28. The molecule has 0 aliphatic carbocycles. The lowest BCUT2D eigenvalue weighted by molar-refractivity contribution is 0.249. The molecule has 0 saturated heterocycles. The Bertz CT molecular complexity index is 1080. The Morgan fingerprint density at radius 3 is 2.60 bits per heavy atom. The van der Waals surface area contributed by atoms with Gasteiger partial charge in [-0.05, 0) is 19.1 Å². The highest BCUT2D eigenvalue weighted by atomic mass is 35.5. The fraction of sp³-hybridized carbons (Fsp3) is 0.200. The number of benzene rings is 2. The lowest BCUT2D eigenvalue weighted by Gasteiger charge is -2.15. The van der Waals surface area contributed by atoms with E-state index >= 15 is 0 Å². The number of halogens is 2. The predicted octanol–water partition coefficient (Wildman–Crippen LogP) is 3.43. The van der Waals surface area contributed by atoms with E-state index in [1.165, 1.54) is 26.4 Å². The molecule has 1 aliphatic rings. The molecule has 0 fully saturated rings. The zero-order valence-electron chi connectivity index (χ0n) is 16.4. The van der Waals surface area contributed by atoms with Gasteiger partial charge < -0.3 is 15.2 Å². The number of nitrogens with two attached hydrogens (primary N) is 1. The Morgan fingerprint density at radius 1 is 1.23 bits per heavy atom. The Balaban J connectivity index is 2.29. The van der Waals surface area contributed by atoms with Gasteiger partial charge in [-0.15, -0.1) is 0 Å². The summed E-state index contributed by atoms with van der Waals surface area (Å²) >= 11 is 6.40. The van der Waals surface area contributed by atoms with Gasteiger partial charge >= 0.3 is 6.03 Å². The summed E-state index contributed by atoms with van der Waals surface area (Å²) in [5, 5.41) is 4.36. The van der Waals surface area contributed by atoms with Gasteiger partial charge in [0.15, 0.2) is 17.6 Å². The minimum Gasteiger partial charge on any atom is -0.494 e. The number of fused-ring (bicyclic) bond motifs is 1. The van der Waals surface area contributed by atoms with Crippen molar-refractivity contribution in [3.63, 3.8) is 0 Å². The number of carbonyl (C=O) groups is 1. The first-order valence-electron chi connectivity index (χ1n) is 8.78. The summed E-state index contributed by atoms with van der Waals surface area (Å²) < 4.78 is 25.1. The summed E-state index contributed by atoms with van der Waals surface area (Å²) in [7, 11) is 2.79. The number of nitrogens with zero attached hydrogens (tertiary/aromatic N) is 3. The van der Waals surface area contributed by atoms with E-state index in [2.05, 4.69) is 15.5 Å². The van der Waals surface area contributed by atoms with Crippen molar-refractivity contribution in [3.8, 4) is 5.75 Å². The van der Waals surface area contributed by atoms with Crippen molar-refractivity contribution in [2.24, 2.45) is 20.8 Å². The summed E-state index contributed by atoms with van der Waals surface area (Å²) in [6, 6.07) is 8.10. The van der Waals surface area contributed by atoms with Gasteiger partial charge in [0.1, 0.15) is 0 Å². The Kier molecular flexibility index (Phi) is 6.31. The van der Waals surface area contributed by atoms with Crippen LogP contribution in [0.1, 0.15) is 18.1 Å². The number of hydrazone groups is 1. The molecule has 0 aromatic heterocycles. The van der Waals surface area contributed by atoms with E-state index in [9.17, 15) is 9.18 Å². The maximum atomic E-state index is 14.6. The van der Waals surface area contributed by atoms with Crippen LogP contribution in [0.2, 0.25) is 5.02 Å². The highest BCUT2D eigenvalue weighted by molar-refractivity contribution is 6.36. The normalized spacial score (nSPS) is 16.0. The first kappa shape index (κ1) is 21.3. The third kappa shape index (κ3) is 4.25. The van der Waals surface area contributed by atoms with Gasteiger partial charge in [0.25, 0.3) is 0 Å². The van der Waals surface area contributed by atoms with Gasteiger partial charge in [0.2, 0.25) is 5.90 Å². The second-order valence-electron chi connectivity index (χ2n) is 6.25. The van der Waals surface area contributed by atoms with Crippen molar-refractivity contribution >= 4 is 40.6 Å². The fourth-order valence-corrected chi connectivity index (χ4v) is 3.14. The Labute approximate surface area is 177 Å². The third-order valence-corrected chi connectivity index (χ3v) is 4.65. The molecule has 2 aromatic rings. The van der Waals surface area contributed by atoms with Gasteiger partial charge in [-0.25, -0.2) is 19.6 Å². The number of carbonyl (C=O) groups excluding carboxylic acids is 1. The lowest BCUT2D eigenvalue weighted by atomic mass is 10.00. The van der Waals surface area contributed by atoms with Crippen LogP contribution in [0.3, 0.4) is 0 Å². The molecule has 0 spiro atoms. The van der Waals surface area contributed by atoms with Gasteiger partial charge in [0, 0.05) is 22.2 Å². The minimum absolute atomic E-state index is 0.0192. The number of amides is 2. The van der Waals surface area contributed by atoms with Crippen molar-refractivity contribution in [1.82, 2.24) is 5.43 Å². The Morgan fingerprint density at radius 2 is 1.97 bits per heavy atom. The van der Waals surface area contributed by atoms with Crippen LogP contribution in [0.5, 0.6) is 5.75 Å². The minimum atomic E-state index is -0.829. The van der Waals surface area contributed by atoms with Crippen molar-refractivity contribution in [2.75, 3.05) is 14.2 Å². The van der Waals surface area contributed by atoms with E-state index in [1.807, 2.05) is 0 Å². The smallest absolute Gasteiger partial charge is 0.332 e. The maximum Gasteiger partial charge on any atom is 0.332 e. The maximum absolute atomic E-state index is 14.6. The molecule has 3 rings (SSSR count). The first-order chi connectivity index (χ1) is 14.3. The standard InChI is InChI=1S/C20H19ClFN5O3/c1-10(26-27-20(23)28)17-19(30-3)24-15-9-16(29-2)14(22)8-12(15)18(25-17)11-6-4-5-7-13(11)21/h4-9,17H,1-3H3,(H3,23,27,28). The van der Waals surface area contributed by atoms with E-state index in [-0.39, 0.29) is 11.6 Å². The molecule has 0 saturated carbocycles. The second-order valence-corrected chi connectivity index (χ2v) is 6.65. The lowest BCUT2D eigenvalue weighted by Crippen LogP contribution is -2.32. The van der Waals surface area contributed by atoms with Gasteiger partial charge in [-0.2, -0.15) is 5.10 Å². The molecular formula is C20H19ClFN5O3. The molecule has 1 aliphatic heterocycles. The monoisotopic (exact) mass is 431 g/mol. The number of nitrogens with one attached hydrogen (secondary N) is 1. The number of methoxy groups -OCH3 is 2. The van der Waals surface area contributed by atoms with Crippen LogP contribution in [0.25, 0.3) is 0 Å². The number of hydrogen-bond donors (Lipinski definition) is 2. The molecule has 10 heteroatoms. The molecule has 1 unspecified atom stereocenters. The van der Waals surface area contributed by atoms with Crippen LogP contribution in [0, 0.1) is 5.82 Å². The third-order valence-electron chi connectivity index (χ3n) is 4.32. The number of aliphatic imine (C=N–C) groups is 2. The van der Waals surface area contributed by atoms with E-state index in [0.717, 1.165) is 0 Å². The van der Waals surface area contributed by atoms with Crippen LogP contribution in [-0.2, 0) is 4.74 Å². The van der Waals surface area contributed by atoms with Gasteiger partial charge in [0.05, 0.1) is 31.3 Å². The van der Waals surface area contributed by atoms with Crippen LogP contribution in [0.4, 0.5) is 14.9 Å². The van der Waals surface area contributed by atoms with Gasteiger partial charge in [-0.1, -0.05) is 29.8 Å². The summed E-state index contributed by atoms with van der Waals surface area (Å²) in [5.74, 6) is -0.380.